The molecule has 1 atom stereocenters. The van der Waals surface area contributed by atoms with Crippen LogP contribution in [0.3, 0.4) is 0 Å². The van der Waals surface area contributed by atoms with Gasteiger partial charge in [-0.3, -0.25) is 0 Å². The van der Waals surface area contributed by atoms with Crippen LogP contribution in [0.1, 0.15) is 31.9 Å². The molecule has 2 N–H and O–H groups in total. The van der Waals surface area contributed by atoms with Crippen LogP contribution in [-0.2, 0) is 6.54 Å². The van der Waals surface area contributed by atoms with Crippen LogP contribution in [-0.4, -0.2) is 16.7 Å². The average molecular weight is 207 g/mol. The second-order valence-corrected chi connectivity index (χ2v) is 4.74. The minimum Gasteiger partial charge on any atom is -0.392 e. The summed E-state index contributed by atoms with van der Waals surface area (Å²) < 4.78 is 0. The van der Waals surface area contributed by atoms with Crippen molar-refractivity contribution in [2.24, 2.45) is 0 Å². The van der Waals surface area contributed by atoms with Gasteiger partial charge in [-0.05, 0) is 33.3 Å². The van der Waals surface area contributed by atoms with Gasteiger partial charge in [0, 0.05) is 12.1 Å². The highest BCUT2D eigenvalue weighted by Crippen LogP contribution is 2.11. The Morgan fingerprint density at radius 2 is 2.07 bits per heavy atom. The van der Waals surface area contributed by atoms with E-state index in [1.54, 1.807) is 0 Å². The number of aliphatic hydroxyl groups excluding tert-OH is 1. The predicted molar refractivity (Wildman–Crippen MR) is 63.8 cm³/mol. The molecule has 0 aliphatic heterocycles. The van der Waals surface area contributed by atoms with E-state index in [2.05, 4.69) is 36.5 Å². The third kappa shape index (κ3) is 3.65. The van der Waals surface area contributed by atoms with Gasteiger partial charge >= 0.3 is 0 Å². The molecule has 0 amide bonds. The zero-order valence-electron chi connectivity index (χ0n) is 10.0. The molecular formula is C13H21NO. The summed E-state index contributed by atoms with van der Waals surface area (Å²) in [5, 5.41) is 12.9. The van der Waals surface area contributed by atoms with E-state index < -0.39 is 0 Å². The highest BCUT2D eigenvalue weighted by molar-refractivity contribution is 5.22. The third-order valence-corrected chi connectivity index (χ3v) is 2.88. The van der Waals surface area contributed by atoms with Crippen molar-refractivity contribution in [1.29, 1.82) is 0 Å². The van der Waals surface area contributed by atoms with Crippen LogP contribution < -0.4 is 5.32 Å². The average Bonchev–Trinajstić information content (AvgIpc) is 2.15. The van der Waals surface area contributed by atoms with Gasteiger partial charge in [-0.15, -0.1) is 0 Å². The topological polar surface area (TPSA) is 32.3 Å². The standard InChI is InChI=1S/C13H21NO/c1-10-6-5-7-12(8-10)9-14-13(3,4)11(2)15/h5-8,11,14-15H,9H2,1-4H3. The van der Waals surface area contributed by atoms with Crippen LogP contribution >= 0.6 is 0 Å². The molecule has 0 bridgehead atoms. The van der Waals surface area contributed by atoms with Crippen molar-refractivity contribution in [3.63, 3.8) is 0 Å². The number of aryl methyl sites for hydroxylation is 1. The zero-order valence-corrected chi connectivity index (χ0v) is 10.0. The molecule has 1 unspecified atom stereocenters. The Bertz CT molecular complexity index is 318. The van der Waals surface area contributed by atoms with Gasteiger partial charge in [0.2, 0.25) is 0 Å². The molecule has 1 aromatic rings. The van der Waals surface area contributed by atoms with E-state index in [0.717, 1.165) is 6.54 Å². The van der Waals surface area contributed by atoms with E-state index in [4.69, 9.17) is 0 Å². The van der Waals surface area contributed by atoms with Crippen LogP contribution in [0.25, 0.3) is 0 Å². The summed E-state index contributed by atoms with van der Waals surface area (Å²) in [6.45, 7) is 8.70. The molecule has 1 rings (SSSR count). The second kappa shape index (κ2) is 4.77. The Morgan fingerprint density at radius 1 is 1.40 bits per heavy atom. The largest absolute Gasteiger partial charge is 0.392 e. The molecule has 84 valence electrons. The highest BCUT2D eigenvalue weighted by atomic mass is 16.3. The van der Waals surface area contributed by atoms with E-state index in [1.807, 2.05) is 20.8 Å². The van der Waals surface area contributed by atoms with Gasteiger partial charge in [-0.25, -0.2) is 0 Å². The summed E-state index contributed by atoms with van der Waals surface area (Å²) in [4.78, 5) is 0. The van der Waals surface area contributed by atoms with E-state index >= 15 is 0 Å². The molecule has 2 heteroatoms. The lowest BCUT2D eigenvalue weighted by Gasteiger charge is -2.29. The minimum atomic E-state index is -0.359. The third-order valence-electron chi connectivity index (χ3n) is 2.88. The summed E-state index contributed by atoms with van der Waals surface area (Å²) in [7, 11) is 0. The first kappa shape index (κ1) is 12.2. The van der Waals surface area contributed by atoms with Crippen molar-refractivity contribution in [2.75, 3.05) is 0 Å². The number of hydrogen-bond acceptors (Lipinski definition) is 2. The zero-order chi connectivity index (χ0) is 11.5. The summed E-state index contributed by atoms with van der Waals surface area (Å²) in [6, 6.07) is 8.40. The fraction of sp³-hybridized carbons (Fsp3) is 0.538. The normalized spacial score (nSPS) is 13.9. The Labute approximate surface area is 92.3 Å². The molecule has 0 heterocycles. The van der Waals surface area contributed by atoms with Crippen molar-refractivity contribution in [2.45, 2.75) is 45.9 Å². The van der Waals surface area contributed by atoms with E-state index in [1.165, 1.54) is 11.1 Å². The van der Waals surface area contributed by atoms with Crippen LogP contribution in [0.5, 0.6) is 0 Å². The van der Waals surface area contributed by atoms with Crippen molar-refractivity contribution >= 4 is 0 Å². The SMILES string of the molecule is Cc1cccc(CNC(C)(C)C(C)O)c1. The molecule has 0 radical (unpaired) electrons. The molecular weight excluding hydrogens is 186 g/mol. The lowest BCUT2D eigenvalue weighted by Crippen LogP contribution is -2.47. The molecule has 2 nitrogen and oxygen atoms in total. The molecule has 0 aromatic heterocycles. The van der Waals surface area contributed by atoms with Crippen LogP contribution in [0.15, 0.2) is 24.3 Å². The Balaban J connectivity index is 2.57. The maximum Gasteiger partial charge on any atom is 0.0688 e. The van der Waals surface area contributed by atoms with Crippen LogP contribution in [0.2, 0.25) is 0 Å². The minimum absolute atomic E-state index is 0.246. The molecule has 15 heavy (non-hydrogen) atoms. The number of rotatable bonds is 4. The maximum atomic E-state index is 9.55. The van der Waals surface area contributed by atoms with Crippen molar-refractivity contribution in [3.05, 3.63) is 35.4 Å². The lowest BCUT2D eigenvalue weighted by molar-refractivity contribution is 0.0956. The highest BCUT2D eigenvalue weighted by Gasteiger charge is 2.22. The molecule has 0 fully saturated rings. The van der Waals surface area contributed by atoms with Gasteiger partial charge in [0.1, 0.15) is 0 Å². The fourth-order valence-electron chi connectivity index (χ4n) is 1.30. The summed E-state index contributed by atoms with van der Waals surface area (Å²) in [6.07, 6.45) is -0.359. The molecule has 0 spiro atoms. The van der Waals surface area contributed by atoms with Gasteiger partial charge in [0.15, 0.2) is 0 Å². The molecule has 0 saturated carbocycles. The molecule has 0 aliphatic rings. The summed E-state index contributed by atoms with van der Waals surface area (Å²) in [5.41, 5.74) is 2.27. The maximum absolute atomic E-state index is 9.55. The van der Waals surface area contributed by atoms with Gasteiger partial charge < -0.3 is 10.4 Å². The van der Waals surface area contributed by atoms with Crippen molar-refractivity contribution < 1.29 is 5.11 Å². The van der Waals surface area contributed by atoms with Gasteiger partial charge in [0.05, 0.1) is 6.10 Å². The molecule has 1 aromatic carbocycles. The quantitative estimate of drug-likeness (QED) is 0.793. The number of hydrogen-bond donors (Lipinski definition) is 2. The Kier molecular flexibility index (Phi) is 3.89. The predicted octanol–water partition coefficient (Wildman–Crippen LogP) is 2.24. The van der Waals surface area contributed by atoms with E-state index in [0.29, 0.717) is 0 Å². The van der Waals surface area contributed by atoms with Crippen molar-refractivity contribution in [3.8, 4) is 0 Å². The van der Waals surface area contributed by atoms with Crippen molar-refractivity contribution in [1.82, 2.24) is 5.32 Å². The monoisotopic (exact) mass is 207 g/mol. The lowest BCUT2D eigenvalue weighted by atomic mass is 9.98. The molecule has 0 aliphatic carbocycles. The fourth-order valence-corrected chi connectivity index (χ4v) is 1.30. The van der Waals surface area contributed by atoms with Crippen LogP contribution in [0, 0.1) is 6.92 Å². The first-order valence-corrected chi connectivity index (χ1v) is 5.40. The Morgan fingerprint density at radius 3 is 2.60 bits per heavy atom. The molecule has 0 saturated heterocycles. The summed E-state index contributed by atoms with van der Waals surface area (Å²) in [5.74, 6) is 0. The number of benzene rings is 1. The van der Waals surface area contributed by atoms with E-state index in [9.17, 15) is 5.11 Å². The smallest absolute Gasteiger partial charge is 0.0688 e. The van der Waals surface area contributed by atoms with Gasteiger partial charge in [-0.2, -0.15) is 0 Å². The van der Waals surface area contributed by atoms with Gasteiger partial charge in [-0.1, -0.05) is 29.8 Å². The number of aliphatic hydroxyl groups is 1. The first-order chi connectivity index (χ1) is 6.92. The van der Waals surface area contributed by atoms with Gasteiger partial charge in [0.25, 0.3) is 0 Å². The second-order valence-electron chi connectivity index (χ2n) is 4.74. The van der Waals surface area contributed by atoms with Crippen LogP contribution in [0.4, 0.5) is 0 Å². The Hall–Kier alpha value is -0.860. The van der Waals surface area contributed by atoms with E-state index in [-0.39, 0.29) is 11.6 Å². The summed E-state index contributed by atoms with van der Waals surface area (Å²) >= 11 is 0. The number of nitrogens with one attached hydrogen (secondary N) is 1. The first-order valence-electron chi connectivity index (χ1n) is 5.40.